The van der Waals surface area contributed by atoms with Gasteiger partial charge in [-0.3, -0.25) is 4.79 Å². The third kappa shape index (κ3) is 5.10. The standard InChI is InChI=1S/C21H16BrClF3N3OS/c22-15-3-1-2-13(8-15)17-11-31-19(28-17)12-4-6-29(7-5-12)20(30)16-9-14(21(24,25)26)10-18(23)27-16/h1-3,8-12H,4-7H2. The first-order valence-electron chi connectivity index (χ1n) is 9.46. The Balaban J connectivity index is 1.44. The number of halogens is 5. The van der Waals surface area contributed by atoms with E-state index in [4.69, 9.17) is 16.6 Å². The van der Waals surface area contributed by atoms with Gasteiger partial charge in [0.2, 0.25) is 0 Å². The highest BCUT2D eigenvalue weighted by molar-refractivity contribution is 9.10. The monoisotopic (exact) mass is 529 g/mol. The normalized spacial score (nSPS) is 15.3. The van der Waals surface area contributed by atoms with Gasteiger partial charge in [-0.15, -0.1) is 11.3 Å². The number of rotatable bonds is 3. The maximum absolute atomic E-state index is 13.0. The fraction of sp³-hybridized carbons (Fsp3) is 0.286. The lowest BCUT2D eigenvalue weighted by molar-refractivity contribution is -0.137. The van der Waals surface area contributed by atoms with Crippen molar-refractivity contribution in [2.24, 2.45) is 0 Å². The van der Waals surface area contributed by atoms with Gasteiger partial charge in [-0.05, 0) is 37.1 Å². The quantitative estimate of drug-likeness (QED) is 0.356. The number of alkyl halides is 3. The summed E-state index contributed by atoms with van der Waals surface area (Å²) in [7, 11) is 0. The van der Waals surface area contributed by atoms with Crippen LogP contribution in [0.1, 0.15) is 39.8 Å². The Morgan fingerprint density at radius 2 is 1.90 bits per heavy atom. The number of nitrogens with zero attached hydrogens (tertiary/aromatic N) is 3. The van der Waals surface area contributed by atoms with E-state index in [1.807, 2.05) is 29.6 Å². The van der Waals surface area contributed by atoms with Crippen LogP contribution >= 0.6 is 38.9 Å². The summed E-state index contributed by atoms with van der Waals surface area (Å²) in [5, 5.41) is 2.67. The predicted octanol–water partition coefficient (Wildman–Crippen LogP) is 6.66. The second-order valence-corrected chi connectivity index (χ2v) is 9.40. The molecule has 3 heterocycles. The number of benzene rings is 1. The number of hydrogen-bond acceptors (Lipinski definition) is 4. The molecule has 1 aromatic carbocycles. The molecule has 0 saturated carbocycles. The minimum Gasteiger partial charge on any atom is -0.337 e. The first-order valence-corrected chi connectivity index (χ1v) is 11.5. The van der Waals surface area contributed by atoms with Crippen molar-refractivity contribution in [3.63, 3.8) is 0 Å². The molecule has 0 radical (unpaired) electrons. The van der Waals surface area contributed by atoms with Gasteiger partial charge in [0.25, 0.3) is 5.91 Å². The van der Waals surface area contributed by atoms with Crippen molar-refractivity contribution in [1.82, 2.24) is 14.9 Å². The van der Waals surface area contributed by atoms with Crippen LogP contribution in [0.3, 0.4) is 0 Å². The van der Waals surface area contributed by atoms with Gasteiger partial charge in [-0.25, -0.2) is 9.97 Å². The first kappa shape index (κ1) is 22.2. The number of amides is 1. The number of likely N-dealkylation sites (tertiary alicyclic amines) is 1. The number of thiazole rings is 1. The molecule has 4 nitrogen and oxygen atoms in total. The van der Waals surface area contributed by atoms with Gasteiger partial charge in [0, 0.05) is 34.4 Å². The van der Waals surface area contributed by atoms with E-state index >= 15 is 0 Å². The third-order valence-corrected chi connectivity index (χ3v) is 6.81. The number of aromatic nitrogens is 2. The minimum atomic E-state index is -4.59. The highest BCUT2D eigenvalue weighted by Gasteiger charge is 2.33. The average molecular weight is 531 g/mol. The van der Waals surface area contributed by atoms with Gasteiger partial charge in [0.05, 0.1) is 16.3 Å². The maximum atomic E-state index is 13.0. The van der Waals surface area contributed by atoms with Crippen molar-refractivity contribution in [3.8, 4) is 11.3 Å². The van der Waals surface area contributed by atoms with Gasteiger partial charge in [-0.1, -0.05) is 39.7 Å². The van der Waals surface area contributed by atoms with Crippen molar-refractivity contribution in [1.29, 1.82) is 0 Å². The molecule has 1 fully saturated rings. The summed E-state index contributed by atoms with van der Waals surface area (Å²) in [5.74, 6) is -0.339. The van der Waals surface area contributed by atoms with E-state index in [1.165, 1.54) is 4.90 Å². The van der Waals surface area contributed by atoms with E-state index in [-0.39, 0.29) is 16.8 Å². The van der Waals surface area contributed by atoms with Gasteiger partial charge < -0.3 is 4.90 Å². The van der Waals surface area contributed by atoms with E-state index in [2.05, 4.69) is 20.9 Å². The molecule has 10 heteroatoms. The minimum absolute atomic E-state index is 0.202. The van der Waals surface area contributed by atoms with Crippen LogP contribution < -0.4 is 0 Å². The van der Waals surface area contributed by atoms with Crippen molar-refractivity contribution < 1.29 is 18.0 Å². The van der Waals surface area contributed by atoms with E-state index in [0.29, 0.717) is 25.9 Å². The molecule has 1 aliphatic rings. The number of hydrogen-bond donors (Lipinski definition) is 0. The van der Waals surface area contributed by atoms with Gasteiger partial charge in [-0.2, -0.15) is 13.2 Å². The number of piperidine rings is 1. The van der Waals surface area contributed by atoms with Gasteiger partial charge >= 0.3 is 6.18 Å². The summed E-state index contributed by atoms with van der Waals surface area (Å²) in [6.45, 7) is 0.843. The molecule has 4 rings (SSSR count). The van der Waals surface area contributed by atoms with E-state index in [1.54, 1.807) is 11.3 Å². The van der Waals surface area contributed by atoms with Crippen LogP contribution in [0.4, 0.5) is 13.2 Å². The Labute approximate surface area is 194 Å². The second-order valence-electron chi connectivity index (χ2n) is 7.21. The van der Waals surface area contributed by atoms with E-state index in [9.17, 15) is 18.0 Å². The Morgan fingerprint density at radius 3 is 2.58 bits per heavy atom. The molecule has 162 valence electrons. The zero-order chi connectivity index (χ0) is 22.2. The smallest absolute Gasteiger partial charge is 0.337 e. The average Bonchev–Trinajstić information content (AvgIpc) is 3.23. The fourth-order valence-corrected chi connectivity index (χ4v) is 5.13. The van der Waals surface area contributed by atoms with Crippen LogP contribution in [0.2, 0.25) is 5.15 Å². The third-order valence-electron chi connectivity index (χ3n) is 5.11. The van der Waals surface area contributed by atoms with Crippen LogP contribution in [0.25, 0.3) is 11.3 Å². The SMILES string of the molecule is O=C(c1cc(C(F)(F)F)cc(Cl)n1)N1CCC(c2nc(-c3cccc(Br)c3)cs2)CC1. The second kappa shape index (κ2) is 8.88. The van der Waals surface area contributed by atoms with Crippen LogP contribution in [-0.2, 0) is 6.18 Å². The highest BCUT2D eigenvalue weighted by atomic mass is 79.9. The van der Waals surface area contributed by atoms with Crippen LogP contribution in [-0.4, -0.2) is 33.9 Å². The fourth-order valence-electron chi connectivity index (χ4n) is 3.52. The summed E-state index contributed by atoms with van der Waals surface area (Å²) in [4.78, 5) is 22.8. The zero-order valence-electron chi connectivity index (χ0n) is 16.0. The lowest BCUT2D eigenvalue weighted by atomic mass is 9.97. The molecular weight excluding hydrogens is 515 g/mol. The summed E-state index contributed by atoms with van der Waals surface area (Å²) < 4.78 is 40.0. The van der Waals surface area contributed by atoms with Crippen molar-refractivity contribution in [3.05, 3.63) is 67.7 Å². The highest BCUT2D eigenvalue weighted by Crippen LogP contribution is 2.35. The molecule has 0 spiro atoms. The number of carbonyl (C=O) groups excluding carboxylic acids is 1. The lowest BCUT2D eigenvalue weighted by Gasteiger charge is -2.31. The molecule has 31 heavy (non-hydrogen) atoms. The molecule has 0 atom stereocenters. The Morgan fingerprint density at radius 1 is 1.16 bits per heavy atom. The zero-order valence-corrected chi connectivity index (χ0v) is 19.2. The summed E-state index contributed by atoms with van der Waals surface area (Å²) in [5.41, 5.74) is 0.665. The molecule has 1 aliphatic heterocycles. The summed E-state index contributed by atoms with van der Waals surface area (Å²) >= 11 is 10.8. The molecule has 1 saturated heterocycles. The molecule has 3 aromatic rings. The van der Waals surface area contributed by atoms with Crippen molar-refractivity contribution in [2.75, 3.05) is 13.1 Å². The summed E-state index contributed by atoms with van der Waals surface area (Å²) in [6.07, 6.45) is -3.22. The predicted molar refractivity (Wildman–Crippen MR) is 117 cm³/mol. The molecule has 1 amide bonds. The first-order chi connectivity index (χ1) is 14.7. The molecular formula is C21H16BrClF3N3OS. The molecule has 2 aromatic heterocycles. The van der Waals surface area contributed by atoms with Crippen LogP contribution in [0.5, 0.6) is 0 Å². The van der Waals surface area contributed by atoms with Crippen molar-refractivity contribution >= 4 is 44.8 Å². The molecule has 0 N–H and O–H groups in total. The number of carbonyl (C=O) groups is 1. The Kier molecular flexibility index (Phi) is 6.37. The summed E-state index contributed by atoms with van der Waals surface area (Å²) in [6, 6.07) is 9.39. The van der Waals surface area contributed by atoms with E-state index < -0.39 is 17.6 Å². The Hall–Kier alpha value is -1.97. The van der Waals surface area contributed by atoms with Crippen LogP contribution in [0, 0.1) is 0 Å². The van der Waals surface area contributed by atoms with Gasteiger partial charge in [0.15, 0.2) is 0 Å². The largest absolute Gasteiger partial charge is 0.416 e. The Bertz CT molecular complexity index is 1110. The van der Waals surface area contributed by atoms with Crippen LogP contribution in [0.15, 0.2) is 46.3 Å². The molecule has 0 unspecified atom stereocenters. The molecule has 0 bridgehead atoms. The van der Waals surface area contributed by atoms with E-state index in [0.717, 1.165) is 32.9 Å². The topological polar surface area (TPSA) is 46.1 Å². The maximum Gasteiger partial charge on any atom is 0.416 e. The lowest BCUT2D eigenvalue weighted by Crippen LogP contribution is -2.38. The number of pyridine rings is 1. The van der Waals surface area contributed by atoms with Crippen molar-refractivity contribution in [2.45, 2.75) is 24.9 Å². The van der Waals surface area contributed by atoms with Gasteiger partial charge in [0.1, 0.15) is 10.8 Å². The molecule has 0 aliphatic carbocycles.